The van der Waals surface area contributed by atoms with Crippen LogP contribution in [-0.2, 0) is 23.1 Å². The molecule has 0 aliphatic carbocycles. The lowest BCUT2D eigenvalue weighted by Crippen LogP contribution is -2.36. The van der Waals surface area contributed by atoms with Gasteiger partial charge in [-0.15, -0.1) is 0 Å². The Labute approximate surface area is 175 Å². The van der Waals surface area contributed by atoms with Gasteiger partial charge in [0, 0.05) is 33.2 Å². The highest BCUT2D eigenvalue weighted by Gasteiger charge is 2.22. The van der Waals surface area contributed by atoms with Gasteiger partial charge in [0.15, 0.2) is 5.96 Å². The summed E-state index contributed by atoms with van der Waals surface area (Å²) in [6, 6.07) is 13.3. The van der Waals surface area contributed by atoms with Crippen molar-refractivity contribution in [1.82, 2.24) is 14.9 Å². The summed E-state index contributed by atoms with van der Waals surface area (Å²) in [5, 5.41) is 6.58. The molecule has 0 aromatic heterocycles. The molecule has 2 N–H and O–H groups in total. The number of sulfonamides is 1. The summed E-state index contributed by atoms with van der Waals surface area (Å²) in [6.45, 7) is 9.13. The summed E-state index contributed by atoms with van der Waals surface area (Å²) >= 11 is 0. The van der Waals surface area contributed by atoms with Gasteiger partial charge in [0.2, 0.25) is 10.0 Å². The first-order chi connectivity index (χ1) is 13.6. The molecule has 7 heteroatoms. The van der Waals surface area contributed by atoms with E-state index in [1.807, 2.05) is 26.0 Å². The van der Waals surface area contributed by atoms with Crippen molar-refractivity contribution in [3.8, 4) is 0 Å². The first-order valence-corrected chi connectivity index (χ1v) is 11.2. The summed E-state index contributed by atoms with van der Waals surface area (Å²) in [4.78, 5) is 4.56. The van der Waals surface area contributed by atoms with Crippen molar-refractivity contribution in [2.45, 2.75) is 51.7 Å². The molecular weight excluding hydrogens is 384 g/mol. The molecule has 2 aromatic carbocycles. The third-order valence-corrected chi connectivity index (χ3v) is 7.00. The Balaban J connectivity index is 1.96. The summed E-state index contributed by atoms with van der Waals surface area (Å²) < 4.78 is 26.5. The molecule has 2 rings (SSSR count). The fourth-order valence-electron chi connectivity index (χ4n) is 2.85. The van der Waals surface area contributed by atoms with Gasteiger partial charge in [0.05, 0.1) is 4.90 Å². The summed E-state index contributed by atoms with van der Waals surface area (Å²) in [6.07, 6.45) is 0. The maximum absolute atomic E-state index is 12.5. The predicted octanol–water partition coefficient (Wildman–Crippen LogP) is 3.20. The van der Waals surface area contributed by atoms with Gasteiger partial charge in [-0.05, 0) is 56.5 Å². The number of rotatable bonds is 7. The van der Waals surface area contributed by atoms with Gasteiger partial charge in [0.1, 0.15) is 0 Å². The molecule has 0 aliphatic heterocycles. The van der Waals surface area contributed by atoms with E-state index in [1.165, 1.54) is 21.0 Å². The predicted molar refractivity (Wildman–Crippen MR) is 119 cm³/mol. The van der Waals surface area contributed by atoms with Crippen molar-refractivity contribution in [1.29, 1.82) is 0 Å². The number of hydrogen-bond donors (Lipinski definition) is 2. The fraction of sp³-hybridized carbons (Fsp3) is 0.409. The number of aliphatic imine (C=N–C) groups is 1. The Hall–Kier alpha value is -2.38. The van der Waals surface area contributed by atoms with E-state index >= 15 is 0 Å². The Morgan fingerprint density at radius 1 is 1.03 bits per heavy atom. The molecule has 0 saturated heterocycles. The normalized spacial score (nSPS) is 12.5. The lowest BCUT2D eigenvalue weighted by Gasteiger charge is -2.21. The van der Waals surface area contributed by atoms with Crippen molar-refractivity contribution in [2.75, 3.05) is 14.1 Å². The van der Waals surface area contributed by atoms with Gasteiger partial charge in [-0.25, -0.2) is 8.42 Å². The van der Waals surface area contributed by atoms with Crippen LogP contribution in [0.2, 0.25) is 0 Å². The molecule has 0 fully saturated rings. The van der Waals surface area contributed by atoms with Crippen molar-refractivity contribution in [2.24, 2.45) is 4.99 Å². The van der Waals surface area contributed by atoms with E-state index in [9.17, 15) is 8.42 Å². The minimum absolute atomic E-state index is 0.0899. The molecular formula is C22H32N4O2S. The van der Waals surface area contributed by atoms with Crippen LogP contribution in [0.25, 0.3) is 0 Å². The number of benzene rings is 2. The zero-order valence-electron chi connectivity index (χ0n) is 18.2. The van der Waals surface area contributed by atoms with Crippen LogP contribution in [0.3, 0.4) is 0 Å². The topological polar surface area (TPSA) is 73.8 Å². The molecule has 0 spiro atoms. The van der Waals surface area contributed by atoms with Gasteiger partial charge in [-0.2, -0.15) is 4.31 Å². The summed E-state index contributed by atoms with van der Waals surface area (Å²) in [5.41, 5.74) is 4.70. The molecule has 0 saturated carbocycles. The molecule has 2 aromatic rings. The minimum atomic E-state index is -3.46. The number of hydrogen-bond acceptors (Lipinski definition) is 3. The first-order valence-electron chi connectivity index (χ1n) is 9.72. The highest BCUT2D eigenvalue weighted by atomic mass is 32.2. The molecule has 0 radical (unpaired) electrons. The average Bonchev–Trinajstić information content (AvgIpc) is 2.69. The van der Waals surface area contributed by atoms with E-state index < -0.39 is 10.0 Å². The van der Waals surface area contributed by atoms with Gasteiger partial charge >= 0.3 is 0 Å². The van der Waals surface area contributed by atoms with Crippen molar-refractivity contribution in [3.05, 3.63) is 64.7 Å². The Morgan fingerprint density at radius 3 is 2.21 bits per heavy atom. The van der Waals surface area contributed by atoms with Crippen LogP contribution >= 0.6 is 0 Å². The second-order valence-corrected chi connectivity index (χ2v) is 9.47. The lowest BCUT2D eigenvalue weighted by molar-refractivity contribution is 0.410. The smallest absolute Gasteiger partial charge is 0.243 e. The SMILES string of the molecule is CN=C(NCc1ccc(S(=O)(=O)N(C)C(C)C)cc1)NCc1ccc(C)cc1C. The molecule has 0 atom stereocenters. The van der Waals surface area contributed by atoms with Gasteiger partial charge in [-0.3, -0.25) is 4.99 Å². The number of guanidine groups is 1. The Kier molecular flexibility index (Phi) is 7.81. The van der Waals surface area contributed by atoms with Crippen molar-refractivity contribution < 1.29 is 8.42 Å². The standard InChI is InChI=1S/C22H32N4O2S/c1-16(2)26(6)29(27,28)21-11-8-19(9-12-21)14-24-22(23-5)25-15-20-10-7-17(3)13-18(20)4/h7-13,16H,14-15H2,1-6H3,(H2,23,24,25). The molecule has 0 unspecified atom stereocenters. The van der Waals surface area contributed by atoms with E-state index in [1.54, 1.807) is 26.2 Å². The van der Waals surface area contributed by atoms with Gasteiger partial charge < -0.3 is 10.6 Å². The lowest BCUT2D eigenvalue weighted by atomic mass is 10.1. The zero-order chi connectivity index (χ0) is 21.6. The van der Waals surface area contributed by atoms with Crippen LogP contribution in [0.5, 0.6) is 0 Å². The minimum Gasteiger partial charge on any atom is -0.352 e. The van der Waals surface area contributed by atoms with E-state index in [-0.39, 0.29) is 6.04 Å². The van der Waals surface area contributed by atoms with E-state index in [2.05, 4.69) is 47.7 Å². The Morgan fingerprint density at radius 2 is 1.66 bits per heavy atom. The molecule has 6 nitrogen and oxygen atoms in total. The molecule has 0 amide bonds. The number of aryl methyl sites for hydroxylation is 2. The fourth-order valence-corrected chi connectivity index (χ4v) is 4.22. The third kappa shape index (κ3) is 6.05. The quantitative estimate of drug-likeness (QED) is 0.537. The molecule has 0 bridgehead atoms. The van der Waals surface area contributed by atoms with Crippen LogP contribution in [-0.4, -0.2) is 38.8 Å². The third-order valence-electron chi connectivity index (χ3n) is 4.96. The second kappa shape index (κ2) is 9.89. The highest BCUT2D eigenvalue weighted by Crippen LogP contribution is 2.17. The van der Waals surface area contributed by atoms with Crippen LogP contribution in [0.4, 0.5) is 0 Å². The average molecular weight is 417 g/mol. The maximum atomic E-state index is 12.5. The van der Waals surface area contributed by atoms with Crippen LogP contribution < -0.4 is 10.6 Å². The van der Waals surface area contributed by atoms with Crippen LogP contribution in [0.15, 0.2) is 52.4 Å². The van der Waals surface area contributed by atoms with Crippen LogP contribution in [0, 0.1) is 13.8 Å². The Bertz CT molecular complexity index is 951. The van der Waals surface area contributed by atoms with E-state index in [4.69, 9.17) is 0 Å². The first kappa shape index (κ1) is 22.9. The maximum Gasteiger partial charge on any atom is 0.243 e. The zero-order valence-corrected chi connectivity index (χ0v) is 19.0. The molecule has 158 valence electrons. The highest BCUT2D eigenvalue weighted by molar-refractivity contribution is 7.89. The van der Waals surface area contributed by atoms with Gasteiger partial charge in [0.25, 0.3) is 0 Å². The number of nitrogens with zero attached hydrogens (tertiary/aromatic N) is 2. The molecule has 0 aliphatic rings. The molecule has 0 heterocycles. The number of nitrogens with one attached hydrogen (secondary N) is 2. The van der Waals surface area contributed by atoms with Crippen LogP contribution in [0.1, 0.15) is 36.1 Å². The van der Waals surface area contributed by atoms with Crippen molar-refractivity contribution in [3.63, 3.8) is 0 Å². The van der Waals surface area contributed by atoms with E-state index in [0.717, 1.165) is 5.56 Å². The van der Waals surface area contributed by atoms with Crippen molar-refractivity contribution >= 4 is 16.0 Å². The van der Waals surface area contributed by atoms with Gasteiger partial charge in [-0.1, -0.05) is 35.9 Å². The monoisotopic (exact) mass is 416 g/mol. The summed E-state index contributed by atoms with van der Waals surface area (Å²) in [5.74, 6) is 0.696. The largest absolute Gasteiger partial charge is 0.352 e. The van der Waals surface area contributed by atoms with E-state index in [0.29, 0.717) is 23.9 Å². The summed E-state index contributed by atoms with van der Waals surface area (Å²) in [7, 11) is -0.132. The molecule has 29 heavy (non-hydrogen) atoms. The second-order valence-electron chi connectivity index (χ2n) is 7.47.